The van der Waals surface area contributed by atoms with Crippen LogP contribution in [0.4, 0.5) is 5.69 Å². The second-order valence-electron chi connectivity index (χ2n) is 7.27. The molecule has 1 aliphatic heterocycles. The molecule has 2 aromatic heterocycles. The summed E-state index contributed by atoms with van der Waals surface area (Å²) in [6, 6.07) is 10.8. The average molecular weight is 444 g/mol. The summed E-state index contributed by atoms with van der Waals surface area (Å²) in [6.07, 6.45) is 0.863. The average Bonchev–Trinajstić information content (AvgIpc) is 3.30. The molecule has 7 nitrogen and oxygen atoms in total. The fourth-order valence-electron chi connectivity index (χ4n) is 3.37. The van der Waals surface area contributed by atoms with E-state index in [2.05, 4.69) is 27.6 Å². The third-order valence-electron chi connectivity index (χ3n) is 5.11. The van der Waals surface area contributed by atoms with Crippen molar-refractivity contribution in [1.82, 2.24) is 19.8 Å². The number of nitrogens with one attached hydrogen (secondary N) is 2. The van der Waals surface area contributed by atoms with Crippen LogP contribution in [0, 0.1) is 0 Å². The van der Waals surface area contributed by atoms with Crippen LogP contribution in [-0.2, 0) is 26.6 Å². The van der Waals surface area contributed by atoms with Crippen LogP contribution in [-0.4, -0.2) is 39.9 Å². The Morgan fingerprint density at radius 1 is 1.17 bits per heavy atom. The summed E-state index contributed by atoms with van der Waals surface area (Å²) >= 11 is 7.45. The van der Waals surface area contributed by atoms with E-state index in [1.807, 2.05) is 24.3 Å². The fraction of sp³-hybridized carbons (Fsp3) is 0.286. The molecule has 3 aromatic rings. The Labute approximate surface area is 183 Å². The summed E-state index contributed by atoms with van der Waals surface area (Å²) < 4.78 is 1.62. The molecule has 0 fully saturated rings. The first-order valence-electron chi connectivity index (χ1n) is 9.58. The van der Waals surface area contributed by atoms with Crippen LogP contribution in [0.1, 0.15) is 36.4 Å². The Balaban J connectivity index is 1.45. The molecule has 0 bridgehead atoms. The minimum atomic E-state index is -0.234. The van der Waals surface area contributed by atoms with E-state index in [1.165, 1.54) is 11.3 Å². The van der Waals surface area contributed by atoms with Gasteiger partial charge in [0.25, 0.3) is 11.8 Å². The summed E-state index contributed by atoms with van der Waals surface area (Å²) in [6.45, 7) is 2.05. The molecule has 9 heteroatoms. The van der Waals surface area contributed by atoms with Crippen molar-refractivity contribution in [3.05, 3.63) is 68.4 Å². The van der Waals surface area contributed by atoms with E-state index in [-0.39, 0.29) is 18.4 Å². The van der Waals surface area contributed by atoms with E-state index in [4.69, 9.17) is 11.6 Å². The van der Waals surface area contributed by atoms with Crippen LogP contribution < -0.4 is 10.6 Å². The molecule has 30 heavy (non-hydrogen) atoms. The Kier molecular flexibility index (Phi) is 5.90. The van der Waals surface area contributed by atoms with E-state index >= 15 is 0 Å². The molecule has 156 valence electrons. The molecule has 3 heterocycles. The van der Waals surface area contributed by atoms with Gasteiger partial charge >= 0.3 is 0 Å². The number of anilines is 1. The number of hydrogen-bond acceptors (Lipinski definition) is 5. The number of hydrogen-bond donors (Lipinski definition) is 2. The first-order valence-corrected chi connectivity index (χ1v) is 10.8. The van der Waals surface area contributed by atoms with Gasteiger partial charge in [0.1, 0.15) is 10.8 Å². The van der Waals surface area contributed by atoms with E-state index in [1.54, 1.807) is 23.7 Å². The van der Waals surface area contributed by atoms with Crippen LogP contribution in [0.5, 0.6) is 0 Å². The van der Waals surface area contributed by atoms with Crippen LogP contribution in [0.25, 0.3) is 0 Å². The summed E-state index contributed by atoms with van der Waals surface area (Å²) in [5, 5.41) is 6.78. The lowest BCUT2D eigenvalue weighted by atomic mass is 10.1. The third-order valence-corrected chi connectivity index (χ3v) is 6.58. The lowest BCUT2D eigenvalue weighted by molar-refractivity contribution is 0.0942. The molecule has 2 amide bonds. The number of para-hydroxylation sites is 1. The van der Waals surface area contributed by atoms with Gasteiger partial charge in [-0.25, -0.2) is 4.98 Å². The lowest BCUT2D eigenvalue weighted by Crippen LogP contribution is -2.25. The molecule has 4 rings (SSSR count). The molecule has 2 N–H and O–H groups in total. The van der Waals surface area contributed by atoms with Gasteiger partial charge in [0.2, 0.25) is 0 Å². The normalized spacial score (nSPS) is 13.7. The van der Waals surface area contributed by atoms with Crippen molar-refractivity contribution in [3.63, 3.8) is 0 Å². The van der Waals surface area contributed by atoms with Gasteiger partial charge < -0.3 is 20.1 Å². The summed E-state index contributed by atoms with van der Waals surface area (Å²) in [7, 11) is 3.80. The number of aromatic nitrogens is 2. The van der Waals surface area contributed by atoms with Gasteiger partial charge in [-0.3, -0.25) is 9.59 Å². The Morgan fingerprint density at radius 3 is 2.73 bits per heavy atom. The number of amides is 2. The van der Waals surface area contributed by atoms with E-state index in [0.717, 1.165) is 35.6 Å². The molecular weight excluding hydrogens is 422 g/mol. The van der Waals surface area contributed by atoms with Gasteiger partial charge in [-0.1, -0.05) is 29.8 Å². The highest BCUT2D eigenvalue weighted by Gasteiger charge is 2.22. The highest BCUT2D eigenvalue weighted by molar-refractivity contribution is 7.13. The smallest absolute Gasteiger partial charge is 0.284 e. The van der Waals surface area contributed by atoms with Crippen molar-refractivity contribution >= 4 is 40.4 Å². The van der Waals surface area contributed by atoms with Crippen LogP contribution in [0.15, 0.2) is 36.4 Å². The van der Waals surface area contributed by atoms with Crippen LogP contribution >= 0.6 is 22.9 Å². The molecule has 1 aliphatic rings. The van der Waals surface area contributed by atoms with E-state index < -0.39 is 0 Å². The van der Waals surface area contributed by atoms with Crippen molar-refractivity contribution in [2.75, 3.05) is 18.9 Å². The van der Waals surface area contributed by atoms with Crippen molar-refractivity contribution in [2.45, 2.75) is 19.5 Å². The summed E-state index contributed by atoms with van der Waals surface area (Å²) in [5.41, 5.74) is 2.95. The second-order valence-corrected chi connectivity index (χ2v) is 8.74. The summed E-state index contributed by atoms with van der Waals surface area (Å²) in [5.74, 6) is -0.465. The van der Waals surface area contributed by atoms with Crippen molar-refractivity contribution in [3.8, 4) is 0 Å². The number of carbonyl (C=O) groups is 2. The molecule has 0 aliphatic carbocycles. The molecule has 0 radical (unpaired) electrons. The largest absolute Gasteiger partial charge is 0.347 e. The van der Waals surface area contributed by atoms with Gasteiger partial charge in [0, 0.05) is 43.7 Å². The zero-order chi connectivity index (χ0) is 21.3. The van der Waals surface area contributed by atoms with Gasteiger partial charge in [0.15, 0.2) is 5.01 Å². The number of carbonyl (C=O) groups excluding carboxylic acids is 2. The zero-order valence-electron chi connectivity index (χ0n) is 16.7. The van der Waals surface area contributed by atoms with E-state index in [0.29, 0.717) is 21.5 Å². The molecule has 0 saturated heterocycles. The van der Waals surface area contributed by atoms with Gasteiger partial charge in [-0.2, -0.15) is 0 Å². The number of benzene rings is 1. The standard InChI is InChI=1S/C21H22ClN5O2S/c1-26-10-9-15-17(12-26)30-21(25-15)20(29)24-14-6-4-3-5-13(14)11-23-19(28)16-7-8-18(22)27(16)2/h3-8H,9-12H2,1-2H3,(H,23,28)(H,24,29). The quantitative estimate of drug-likeness (QED) is 0.634. The topological polar surface area (TPSA) is 79.3 Å². The number of likely N-dealkylation sites (N-methyl/N-ethyl adjacent to an activating group) is 1. The molecule has 0 spiro atoms. The predicted octanol–water partition coefficient (Wildman–Crippen LogP) is 3.31. The highest BCUT2D eigenvalue weighted by atomic mass is 35.5. The van der Waals surface area contributed by atoms with E-state index in [9.17, 15) is 9.59 Å². The van der Waals surface area contributed by atoms with Crippen LogP contribution in [0.3, 0.4) is 0 Å². The lowest BCUT2D eigenvalue weighted by Gasteiger charge is -2.20. The predicted molar refractivity (Wildman–Crippen MR) is 118 cm³/mol. The second kappa shape index (κ2) is 8.59. The molecule has 0 atom stereocenters. The summed E-state index contributed by atoms with van der Waals surface area (Å²) in [4.78, 5) is 33.1. The maximum absolute atomic E-state index is 12.8. The van der Waals surface area contributed by atoms with Crippen LogP contribution in [0.2, 0.25) is 5.15 Å². The van der Waals surface area contributed by atoms with Crippen molar-refractivity contribution in [2.24, 2.45) is 7.05 Å². The molecule has 1 aromatic carbocycles. The van der Waals surface area contributed by atoms with Gasteiger partial charge in [-0.15, -0.1) is 11.3 Å². The SMILES string of the molecule is CN1CCc2nc(C(=O)Nc3ccccc3CNC(=O)c3ccc(Cl)n3C)sc2C1. The number of thiazole rings is 1. The minimum absolute atomic E-state index is 0.231. The molecular formula is C21H22ClN5O2S. The maximum Gasteiger partial charge on any atom is 0.284 e. The van der Waals surface area contributed by atoms with Gasteiger partial charge in [-0.05, 0) is 30.8 Å². The monoisotopic (exact) mass is 443 g/mol. The first kappa shape index (κ1) is 20.6. The molecule has 0 unspecified atom stereocenters. The Hall–Kier alpha value is -2.68. The minimum Gasteiger partial charge on any atom is -0.347 e. The number of rotatable bonds is 5. The first-order chi connectivity index (χ1) is 14.4. The Bertz CT molecular complexity index is 1110. The number of fused-ring (bicyclic) bond motifs is 1. The number of nitrogens with zero attached hydrogens (tertiary/aromatic N) is 3. The van der Waals surface area contributed by atoms with Crippen molar-refractivity contribution < 1.29 is 9.59 Å². The third kappa shape index (κ3) is 4.26. The van der Waals surface area contributed by atoms with Crippen molar-refractivity contribution in [1.29, 1.82) is 0 Å². The zero-order valence-corrected chi connectivity index (χ0v) is 18.3. The Morgan fingerprint density at radius 2 is 1.97 bits per heavy atom. The van der Waals surface area contributed by atoms with Gasteiger partial charge in [0.05, 0.1) is 5.69 Å². The maximum atomic E-state index is 12.8. The number of halogens is 1. The fourth-order valence-corrected chi connectivity index (χ4v) is 4.61. The molecule has 0 saturated carbocycles. The highest BCUT2D eigenvalue weighted by Crippen LogP contribution is 2.25.